The Morgan fingerprint density at radius 1 is 1.90 bits per heavy atom. The Hall–Kier alpha value is -0.420. The number of carbonyl (C=O) groups is 1. The molecule has 10 heavy (non-hydrogen) atoms. The van der Waals surface area contributed by atoms with Gasteiger partial charge < -0.3 is 4.74 Å². The van der Waals surface area contributed by atoms with Crippen LogP contribution in [0.4, 0.5) is 0 Å². The van der Waals surface area contributed by atoms with Crippen LogP contribution in [0.3, 0.4) is 0 Å². The summed E-state index contributed by atoms with van der Waals surface area (Å²) in [6.45, 7) is 0.390. The molecule has 1 aromatic heterocycles. The zero-order chi connectivity index (χ0) is 7.40. The van der Waals surface area contributed by atoms with E-state index in [-0.39, 0.29) is 0 Å². The summed E-state index contributed by atoms with van der Waals surface area (Å²) < 4.78 is 4.57. The molecule has 0 aliphatic heterocycles. The molecular formula is C5H4BrNO2S. The minimum atomic E-state index is -0.398. The van der Waals surface area contributed by atoms with Gasteiger partial charge in [-0.3, -0.25) is 4.79 Å². The molecule has 1 rings (SSSR count). The molecule has 0 amide bonds. The van der Waals surface area contributed by atoms with E-state index >= 15 is 0 Å². The largest absolute Gasteiger partial charge is 0.445 e. The van der Waals surface area contributed by atoms with Crippen LogP contribution in [0.2, 0.25) is 0 Å². The van der Waals surface area contributed by atoms with Gasteiger partial charge in [-0.15, -0.1) is 11.3 Å². The van der Waals surface area contributed by atoms with E-state index in [4.69, 9.17) is 0 Å². The maximum atomic E-state index is 9.84. The van der Waals surface area contributed by atoms with Crippen LogP contribution in [0.25, 0.3) is 0 Å². The summed E-state index contributed by atoms with van der Waals surface area (Å²) in [6, 6.07) is 0. The molecule has 0 aromatic carbocycles. The van der Waals surface area contributed by atoms with Gasteiger partial charge in [0.25, 0.3) is 6.47 Å². The normalized spacial score (nSPS) is 12.5. The number of carbonyl (C=O) groups excluding carboxylic acids is 1. The van der Waals surface area contributed by atoms with Crippen molar-refractivity contribution >= 4 is 33.7 Å². The molecule has 0 fully saturated rings. The molecule has 0 radical (unpaired) electrons. The van der Waals surface area contributed by atoms with E-state index in [0.717, 1.165) is 5.01 Å². The van der Waals surface area contributed by atoms with Gasteiger partial charge in [-0.1, -0.05) is 0 Å². The first-order chi connectivity index (χ1) is 4.84. The predicted molar refractivity (Wildman–Crippen MR) is 40.9 cm³/mol. The summed E-state index contributed by atoms with van der Waals surface area (Å²) in [6.07, 6.45) is 1.66. The summed E-state index contributed by atoms with van der Waals surface area (Å²) in [5.41, 5.74) is 0. The SMILES string of the molecule is O=COC(Br)c1nccs1. The number of thiazole rings is 1. The van der Waals surface area contributed by atoms with Crippen LogP contribution in [-0.4, -0.2) is 11.5 Å². The second-order valence-corrected chi connectivity index (χ2v) is 3.18. The van der Waals surface area contributed by atoms with Crippen molar-refractivity contribution in [1.29, 1.82) is 0 Å². The number of ether oxygens (including phenoxy) is 1. The number of nitrogens with zero attached hydrogens (tertiary/aromatic N) is 1. The van der Waals surface area contributed by atoms with Crippen LogP contribution in [0, 0.1) is 0 Å². The van der Waals surface area contributed by atoms with E-state index in [9.17, 15) is 4.79 Å². The Kier molecular flexibility index (Phi) is 2.82. The first kappa shape index (κ1) is 7.68. The fraction of sp³-hybridized carbons (Fsp3) is 0.200. The van der Waals surface area contributed by atoms with Crippen molar-refractivity contribution in [2.24, 2.45) is 0 Å². The second-order valence-electron chi connectivity index (χ2n) is 1.42. The lowest BCUT2D eigenvalue weighted by molar-refractivity contribution is -0.129. The van der Waals surface area contributed by atoms with Gasteiger partial charge in [0, 0.05) is 11.6 Å². The Balaban J connectivity index is 2.58. The molecule has 0 saturated carbocycles. The van der Waals surface area contributed by atoms with E-state index in [0.29, 0.717) is 6.47 Å². The molecule has 5 heteroatoms. The summed E-state index contributed by atoms with van der Waals surface area (Å²) >= 11 is 4.55. The third kappa shape index (κ3) is 1.78. The van der Waals surface area contributed by atoms with Crippen molar-refractivity contribution < 1.29 is 9.53 Å². The molecule has 0 saturated heterocycles. The van der Waals surface area contributed by atoms with E-state index in [2.05, 4.69) is 25.7 Å². The van der Waals surface area contributed by atoms with Gasteiger partial charge in [-0.05, 0) is 15.9 Å². The van der Waals surface area contributed by atoms with Crippen molar-refractivity contribution in [1.82, 2.24) is 4.98 Å². The minimum absolute atomic E-state index is 0.390. The molecule has 0 spiro atoms. The fourth-order valence-electron chi connectivity index (χ4n) is 0.454. The van der Waals surface area contributed by atoms with E-state index in [1.807, 2.05) is 5.38 Å². The van der Waals surface area contributed by atoms with Gasteiger partial charge in [0.15, 0.2) is 0 Å². The van der Waals surface area contributed by atoms with E-state index in [1.54, 1.807) is 6.20 Å². The lowest BCUT2D eigenvalue weighted by Crippen LogP contribution is -1.92. The highest BCUT2D eigenvalue weighted by Gasteiger charge is 2.08. The first-order valence-electron chi connectivity index (χ1n) is 2.47. The Morgan fingerprint density at radius 3 is 3.20 bits per heavy atom. The zero-order valence-electron chi connectivity index (χ0n) is 4.86. The molecule has 54 valence electrons. The lowest BCUT2D eigenvalue weighted by Gasteiger charge is -2.00. The highest BCUT2D eigenvalue weighted by molar-refractivity contribution is 9.09. The van der Waals surface area contributed by atoms with Gasteiger partial charge in [0.1, 0.15) is 5.01 Å². The summed E-state index contributed by atoms with van der Waals surface area (Å²) in [7, 11) is 0. The van der Waals surface area contributed by atoms with Crippen LogP contribution in [0.1, 0.15) is 10.0 Å². The second kappa shape index (κ2) is 3.68. The Labute approximate surface area is 70.2 Å². The number of hydrogen-bond donors (Lipinski definition) is 0. The molecule has 0 N–H and O–H groups in total. The number of alkyl halides is 1. The number of hydrogen-bond acceptors (Lipinski definition) is 4. The Morgan fingerprint density at radius 2 is 2.70 bits per heavy atom. The molecular weight excluding hydrogens is 218 g/mol. The predicted octanol–water partition coefficient (Wildman–Crippen LogP) is 1.71. The summed E-state index contributed by atoms with van der Waals surface area (Å²) in [5, 5.41) is 2.16. The third-order valence-electron chi connectivity index (χ3n) is 0.821. The van der Waals surface area contributed by atoms with Gasteiger partial charge in [-0.2, -0.15) is 0 Å². The van der Waals surface area contributed by atoms with Gasteiger partial charge in [-0.25, -0.2) is 4.98 Å². The highest BCUT2D eigenvalue weighted by atomic mass is 79.9. The number of aromatic nitrogens is 1. The van der Waals surface area contributed by atoms with Crippen molar-refractivity contribution in [3.8, 4) is 0 Å². The molecule has 0 aliphatic carbocycles. The maximum Gasteiger partial charge on any atom is 0.294 e. The van der Waals surface area contributed by atoms with Gasteiger partial charge in [0.05, 0.1) is 0 Å². The third-order valence-corrected chi connectivity index (χ3v) is 2.59. The average molecular weight is 222 g/mol. The van der Waals surface area contributed by atoms with Crippen molar-refractivity contribution in [3.63, 3.8) is 0 Å². The van der Waals surface area contributed by atoms with E-state index < -0.39 is 5.01 Å². The van der Waals surface area contributed by atoms with Crippen LogP contribution in [0.5, 0.6) is 0 Å². The number of halogens is 1. The maximum absolute atomic E-state index is 9.84. The highest BCUT2D eigenvalue weighted by Crippen LogP contribution is 2.24. The van der Waals surface area contributed by atoms with Gasteiger partial charge >= 0.3 is 0 Å². The zero-order valence-corrected chi connectivity index (χ0v) is 7.26. The average Bonchev–Trinajstić information content (AvgIpc) is 2.38. The van der Waals surface area contributed by atoms with Crippen LogP contribution < -0.4 is 0 Å². The van der Waals surface area contributed by atoms with Crippen LogP contribution in [0.15, 0.2) is 11.6 Å². The fourth-order valence-corrected chi connectivity index (χ4v) is 1.53. The molecule has 1 atom stereocenters. The summed E-state index contributed by atoms with van der Waals surface area (Å²) in [5.74, 6) is 0. The molecule has 1 aromatic rings. The molecule has 1 unspecified atom stereocenters. The van der Waals surface area contributed by atoms with Crippen molar-refractivity contribution in [2.75, 3.05) is 0 Å². The van der Waals surface area contributed by atoms with Crippen molar-refractivity contribution in [3.05, 3.63) is 16.6 Å². The van der Waals surface area contributed by atoms with Crippen molar-refractivity contribution in [2.45, 2.75) is 5.01 Å². The summed E-state index contributed by atoms with van der Waals surface area (Å²) in [4.78, 5) is 13.8. The molecule has 0 bridgehead atoms. The first-order valence-corrected chi connectivity index (χ1v) is 4.26. The van der Waals surface area contributed by atoms with Crippen LogP contribution in [-0.2, 0) is 9.53 Å². The Bertz CT molecular complexity index is 201. The smallest absolute Gasteiger partial charge is 0.294 e. The minimum Gasteiger partial charge on any atom is -0.445 e. The van der Waals surface area contributed by atoms with E-state index in [1.165, 1.54) is 11.3 Å². The lowest BCUT2D eigenvalue weighted by atomic mass is 10.7. The molecule has 0 aliphatic rings. The molecule has 3 nitrogen and oxygen atoms in total. The number of rotatable bonds is 3. The quantitative estimate of drug-likeness (QED) is 0.577. The topological polar surface area (TPSA) is 39.2 Å². The monoisotopic (exact) mass is 221 g/mol. The standard InChI is InChI=1S/C5H4BrNO2S/c6-4(9-3-8)5-7-1-2-10-5/h1-4H. The van der Waals surface area contributed by atoms with Gasteiger partial charge in [0.2, 0.25) is 5.01 Å². The molecule has 1 heterocycles. The van der Waals surface area contributed by atoms with Crippen LogP contribution >= 0.6 is 27.3 Å².